The second-order valence-electron chi connectivity index (χ2n) is 4.05. The molecule has 0 amide bonds. The zero-order valence-corrected chi connectivity index (χ0v) is 10.6. The van der Waals surface area contributed by atoms with Crippen LogP contribution in [0.15, 0.2) is 0 Å². The molecule has 0 saturated heterocycles. The van der Waals surface area contributed by atoms with Crippen molar-refractivity contribution < 1.29 is 9.53 Å². The lowest BCUT2D eigenvalue weighted by Gasteiger charge is -2.08. The van der Waals surface area contributed by atoms with E-state index >= 15 is 0 Å². The maximum atomic E-state index is 11.9. The Bertz CT molecular complexity index is 355. The summed E-state index contributed by atoms with van der Waals surface area (Å²) < 4.78 is 5.52. The highest BCUT2D eigenvalue weighted by Gasteiger charge is 2.21. The van der Waals surface area contributed by atoms with Crippen molar-refractivity contribution in [2.75, 3.05) is 0 Å². The number of Topliss-reactive ketones (excluding diaryl/α,β-unsaturated/α-hetero) is 1. The molecule has 0 fully saturated rings. The Morgan fingerprint density at radius 1 is 1.33 bits per heavy atom. The van der Waals surface area contributed by atoms with Crippen LogP contribution in [0.1, 0.15) is 42.4 Å². The van der Waals surface area contributed by atoms with E-state index in [-0.39, 0.29) is 17.8 Å². The molecule has 0 aliphatic carbocycles. The van der Waals surface area contributed by atoms with Gasteiger partial charge in [0.2, 0.25) is 5.88 Å². The van der Waals surface area contributed by atoms with Crippen LogP contribution in [0.3, 0.4) is 0 Å². The SMILES string of the molecule is Cc1nc(OC(C)C)c(C(=O)C(C)C)s1. The van der Waals surface area contributed by atoms with Gasteiger partial charge in [0.15, 0.2) is 5.78 Å². The fourth-order valence-electron chi connectivity index (χ4n) is 1.13. The molecule has 0 unspecified atom stereocenters. The van der Waals surface area contributed by atoms with E-state index in [1.807, 2.05) is 34.6 Å². The highest BCUT2D eigenvalue weighted by molar-refractivity contribution is 7.14. The Morgan fingerprint density at radius 2 is 1.93 bits per heavy atom. The predicted octanol–water partition coefficient (Wildman–Crippen LogP) is 3.08. The van der Waals surface area contributed by atoms with Crippen molar-refractivity contribution in [2.24, 2.45) is 5.92 Å². The van der Waals surface area contributed by atoms with E-state index in [1.54, 1.807) is 0 Å². The summed E-state index contributed by atoms with van der Waals surface area (Å²) in [6, 6.07) is 0. The van der Waals surface area contributed by atoms with Gasteiger partial charge in [0.1, 0.15) is 4.88 Å². The van der Waals surface area contributed by atoms with E-state index in [0.717, 1.165) is 5.01 Å². The number of rotatable bonds is 4. The minimum Gasteiger partial charge on any atom is -0.474 e. The molecule has 0 radical (unpaired) electrons. The third-order valence-corrected chi connectivity index (χ3v) is 2.77. The number of thiazole rings is 1. The van der Waals surface area contributed by atoms with Crippen LogP contribution in [0.5, 0.6) is 5.88 Å². The molecule has 15 heavy (non-hydrogen) atoms. The monoisotopic (exact) mass is 227 g/mol. The maximum absolute atomic E-state index is 11.9. The smallest absolute Gasteiger partial charge is 0.236 e. The highest BCUT2D eigenvalue weighted by Crippen LogP contribution is 2.28. The lowest BCUT2D eigenvalue weighted by molar-refractivity contribution is 0.0937. The molecule has 1 aromatic heterocycles. The number of hydrogen-bond donors (Lipinski definition) is 0. The van der Waals surface area contributed by atoms with Crippen LogP contribution in [0.25, 0.3) is 0 Å². The van der Waals surface area contributed by atoms with Gasteiger partial charge in [0, 0.05) is 5.92 Å². The molecule has 0 aliphatic rings. The average molecular weight is 227 g/mol. The van der Waals surface area contributed by atoms with E-state index in [4.69, 9.17) is 4.74 Å². The van der Waals surface area contributed by atoms with E-state index in [1.165, 1.54) is 11.3 Å². The van der Waals surface area contributed by atoms with E-state index in [2.05, 4.69) is 4.98 Å². The summed E-state index contributed by atoms with van der Waals surface area (Å²) >= 11 is 1.41. The number of carbonyl (C=O) groups excluding carboxylic acids is 1. The van der Waals surface area contributed by atoms with Crippen LogP contribution >= 0.6 is 11.3 Å². The molecule has 0 saturated carbocycles. The molecule has 0 aromatic carbocycles. The zero-order valence-electron chi connectivity index (χ0n) is 9.83. The van der Waals surface area contributed by atoms with Crippen molar-refractivity contribution in [3.8, 4) is 5.88 Å². The van der Waals surface area contributed by atoms with Crippen LogP contribution in [0.4, 0.5) is 0 Å². The zero-order chi connectivity index (χ0) is 11.6. The van der Waals surface area contributed by atoms with Crippen molar-refractivity contribution in [1.82, 2.24) is 4.98 Å². The predicted molar refractivity (Wildman–Crippen MR) is 61.8 cm³/mol. The summed E-state index contributed by atoms with van der Waals surface area (Å²) in [7, 11) is 0. The normalized spacial score (nSPS) is 11.1. The standard InChI is InChI=1S/C11H17NO2S/c1-6(2)9(13)10-11(14-7(3)4)12-8(5)15-10/h6-7H,1-5H3. The van der Waals surface area contributed by atoms with Crippen molar-refractivity contribution in [1.29, 1.82) is 0 Å². The largest absolute Gasteiger partial charge is 0.474 e. The van der Waals surface area contributed by atoms with Crippen LogP contribution < -0.4 is 4.74 Å². The van der Waals surface area contributed by atoms with Crippen molar-refractivity contribution in [3.05, 3.63) is 9.88 Å². The van der Waals surface area contributed by atoms with Gasteiger partial charge in [-0.15, -0.1) is 11.3 Å². The molecule has 0 atom stereocenters. The molecule has 1 rings (SSSR count). The molecule has 0 aliphatic heterocycles. The molecular weight excluding hydrogens is 210 g/mol. The van der Waals surface area contributed by atoms with Gasteiger partial charge in [0.25, 0.3) is 0 Å². The summed E-state index contributed by atoms with van der Waals surface area (Å²) in [6.45, 7) is 9.51. The molecule has 4 heteroatoms. The first kappa shape index (κ1) is 12.2. The maximum Gasteiger partial charge on any atom is 0.236 e. The molecule has 0 spiro atoms. The minimum absolute atomic E-state index is 0.0145. The van der Waals surface area contributed by atoms with E-state index < -0.39 is 0 Å². The number of aromatic nitrogens is 1. The van der Waals surface area contributed by atoms with Gasteiger partial charge in [-0.05, 0) is 20.8 Å². The molecule has 0 bridgehead atoms. The van der Waals surface area contributed by atoms with Crippen molar-refractivity contribution in [3.63, 3.8) is 0 Å². The Morgan fingerprint density at radius 3 is 2.40 bits per heavy atom. The van der Waals surface area contributed by atoms with Gasteiger partial charge >= 0.3 is 0 Å². The van der Waals surface area contributed by atoms with Crippen LogP contribution in [-0.4, -0.2) is 16.9 Å². The highest BCUT2D eigenvalue weighted by atomic mass is 32.1. The Balaban J connectivity index is 3.00. The van der Waals surface area contributed by atoms with Gasteiger partial charge in [0.05, 0.1) is 11.1 Å². The third kappa shape index (κ3) is 3.02. The number of carbonyl (C=O) groups is 1. The lowest BCUT2D eigenvalue weighted by Crippen LogP contribution is -2.11. The molecular formula is C11H17NO2S. The lowest BCUT2D eigenvalue weighted by atomic mass is 10.1. The van der Waals surface area contributed by atoms with Gasteiger partial charge in [-0.1, -0.05) is 13.8 Å². The Hall–Kier alpha value is -0.900. The molecule has 1 heterocycles. The van der Waals surface area contributed by atoms with Crippen molar-refractivity contribution in [2.45, 2.75) is 40.7 Å². The second-order valence-corrected chi connectivity index (χ2v) is 5.26. The van der Waals surface area contributed by atoms with Gasteiger partial charge in [-0.3, -0.25) is 4.79 Å². The minimum atomic E-state index is -0.0145. The van der Waals surface area contributed by atoms with Crippen LogP contribution in [0, 0.1) is 12.8 Å². The first-order chi connectivity index (χ1) is 6.91. The summed E-state index contributed by atoms with van der Waals surface area (Å²) in [5, 5.41) is 0.870. The first-order valence-electron chi connectivity index (χ1n) is 5.10. The molecule has 0 N–H and O–H groups in total. The summed E-state index contributed by atoms with van der Waals surface area (Å²) in [5.74, 6) is 0.585. The van der Waals surface area contributed by atoms with Crippen LogP contribution in [0.2, 0.25) is 0 Å². The molecule has 3 nitrogen and oxygen atoms in total. The van der Waals surface area contributed by atoms with E-state index in [0.29, 0.717) is 10.8 Å². The second kappa shape index (κ2) is 4.75. The molecule has 84 valence electrons. The fraction of sp³-hybridized carbons (Fsp3) is 0.636. The quantitative estimate of drug-likeness (QED) is 0.742. The topological polar surface area (TPSA) is 39.2 Å². The number of aryl methyl sites for hydroxylation is 1. The number of hydrogen-bond acceptors (Lipinski definition) is 4. The summed E-state index contributed by atoms with van der Waals surface area (Å²) in [6.07, 6.45) is 0.0465. The Labute approximate surface area is 94.5 Å². The number of ether oxygens (including phenoxy) is 1. The van der Waals surface area contributed by atoms with Crippen molar-refractivity contribution >= 4 is 17.1 Å². The van der Waals surface area contributed by atoms with E-state index in [9.17, 15) is 4.79 Å². The first-order valence-corrected chi connectivity index (χ1v) is 5.91. The number of ketones is 1. The third-order valence-electron chi connectivity index (χ3n) is 1.80. The number of nitrogens with zero attached hydrogens (tertiary/aromatic N) is 1. The molecule has 1 aromatic rings. The van der Waals surface area contributed by atoms with Crippen LogP contribution in [-0.2, 0) is 0 Å². The fourth-order valence-corrected chi connectivity index (χ4v) is 2.07. The van der Waals surface area contributed by atoms with Gasteiger partial charge in [-0.25, -0.2) is 4.98 Å². The Kier molecular flexibility index (Phi) is 3.85. The summed E-state index contributed by atoms with van der Waals surface area (Å²) in [4.78, 5) is 16.7. The summed E-state index contributed by atoms with van der Waals surface area (Å²) in [5.41, 5.74) is 0. The van der Waals surface area contributed by atoms with Gasteiger partial charge < -0.3 is 4.74 Å². The van der Waals surface area contributed by atoms with Gasteiger partial charge in [-0.2, -0.15) is 0 Å². The average Bonchev–Trinajstić information content (AvgIpc) is 2.44.